The van der Waals surface area contributed by atoms with Crippen LogP contribution in [0.1, 0.15) is 17.2 Å². The lowest BCUT2D eigenvalue weighted by molar-refractivity contribution is -0.166. The van der Waals surface area contributed by atoms with Gasteiger partial charge in [0.15, 0.2) is 6.10 Å². The summed E-state index contributed by atoms with van der Waals surface area (Å²) in [5, 5.41) is 12.2. The summed E-state index contributed by atoms with van der Waals surface area (Å²) in [5.41, 5.74) is 1.62. The highest BCUT2D eigenvalue weighted by Gasteiger charge is 2.34. The highest BCUT2D eigenvalue weighted by Crippen LogP contribution is 2.26. The molecule has 1 saturated heterocycles. The summed E-state index contributed by atoms with van der Waals surface area (Å²) in [6.45, 7) is 1.11. The van der Waals surface area contributed by atoms with Crippen LogP contribution in [0.4, 0.5) is 0 Å². The van der Waals surface area contributed by atoms with Gasteiger partial charge in [0, 0.05) is 12.7 Å². The molecule has 0 unspecified atom stereocenters. The van der Waals surface area contributed by atoms with Crippen molar-refractivity contribution in [2.24, 2.45) is 0 Å². The number of nitrogens with zero attached hydrogens (tertiary/aromatic N) is 1. The molecule has 2 aromatic rings. The van der Waals surface area contributed by atoms with Crippen LogP contribution in [0.3, 0.4) is 0 Å². The summed E-state index contributed by atoms with van der Waals surface area (Å²) in [4.78, 5) is 16.3. The van der Waals surface area contributed by atoms with E-state index in [2.05, 4.69) is 10.3 Å². The predicted molar refractivity (Wildman–Crippen MR) is 82.6 cm³/mol. The van der Waals surface area contributed by atoms with Gasteiger partial charge < -0.3 is 19.9 Å². The van der Waals surface area contributed by atoms with Gasteiger partial charge in [-0.1, -0.05) is 30.3 Å². The van der Waals surface area contributed by atoms with Crippen molar-refractivity contribution in [1.82, 2.24) is 10.3 Å². The molecule has 0 aliphatic carbocycles. The Kier molecular flexibility index (Phi) is 4.85. The number of hydrogen-bond donors (Lipinski definition) is 2. The Hall–Kier alpha value is -2.44. The minimum absolute atomic E-state index is 0.0659. The van der Waals surface area contributed by atoms with Crippen molar-refractivity contribution in [3.8, 4) is 5.75 Å². The highest BCUT2D eigenvalue weighted by atomic mass is 16.6. The maximum atomic E-state index is 12.4. The molecule has 0 spiro atoms. The van der Waals surface area contributed by atoms with E-state index in [9.17, 15) is 9.90 Å². The average Bonchev–Trinajstić information content (AvgIpc) is 2.60. The zero-order valence-corrected chi connectivity index (χ0v) is 12.5. The number of rotatable bonds is 4. The van der Waals surface area contributed by atoms with Gasteiger partial charge in [0.2, 0.25) is 0 Å². The van der Waals surface area contributed by atoms with Crippen molar-refractivity contribution >= 4 is 5.91 Å². The van der Waals surface area contributed by atoms with Gasteiger partial charge in [-0.3, -0.25) is 9.78 Å². The minimum Gasteiger partial charge on any atom is -0.506 e. The van der Waals surface area contributed by atoms with E-state index in [4.69, 9.17) is 9.47 Å². The number of amides is 1. The zero-order chi connectivity index (χ0) is 16.1. The molecule has 1 fully saturated rings. The summed E-state index contributed by atoms with van der Waals surface area (Å²) in [6.07, 6.45) is 1.81. The Morgan fingerprint density at radius 1 is 1.22 bits per heavy atom. The minimum atomic E-state index is -0.698. The molecule has 2 atom stereocenters. The van der Waals surface area contributed by atoms with E-state index in [1.54, 1.807) is 12.3 Å². The molecule has 0 radical (unpaired) electrons. The van der Waals surface area contributed by atoms with Crippen LogP contribution in [-0.4, -0.2) is 35.3 Å². The second-order valence-corrected chi connectivity index (χ2v) is 5.26. The Balaban J connectivity index is 1.67. The van der Waals surface area contributed by atoms with Crippen molar-refractivity contribution < 1.29 is 19.4 Å². The van der Waals surface area contributed by atoms with E-state index in [1.807, 2.05) is 30.3 Å². The smallest absolute Gasteiger partial charge is 0.252 e. The largest absolute Gasteiger partial charge is 0.506 e. The van der Waals surface area contributed by atoms with E-state index in [1.165, 1.54) is 6.20 Å². The van der Waals surface area contributed by atoms with E-state index >= 15 is 0 Å². The molecule has 1 amide bonds. The Morgan fingerprint density at radius 3 is 2.78 bits per heavy atom. The summed E-state index contributed by atoms with van der Waals surface area (Å²) >= 11 is 0. The molecule has 1 aliphatic rings. The van der Waals surface area contributed by atoms with E-state index in [0.717, 1.165) is 5.56 Å². The fourth-order valence-electron chi connectivity index (χ4n) is 2.51. The monoisotopic (exact) mass is 314 g/mol. The fraction of sp³-hybridized carbons (Fsp3) is 0.294. The number of benzene rings is 1. The molecule has 1 aliphatic heterocycles. The Morgan fingerprint density at radius 2 is 2.00 bits per heavy atom. The first kappa shape index (κ1) is 15.5. The van der Waals surface area contributed by atoms with Crippen LogP contribution in [0.25, 0.3) is 0 Å². The van der Waals surface area contributed by atoms with Gasteiger partial charge in [-0.2, -0.15) is 0 Å². The standard InChI is InChI=1S/C17H18N2O4/c20-14-8-12(9-18-11-14)10-19-17(21)16-15(22-6-7-23-16)13-4-2-1-3-5-13/h1-5,8-9,11,15-16,20H,6-7,10H2,(H,19,21)/t15-,16-/m1/s1. The first-order chi connectivity index (χ1) is 11.2. The predicted octanol–water partition coefficient (Wildman–Crippen LogP) is 1.56. The van der Waals surface area contributed by atoms with E-state index in [-0.39, 0.29) is 18.2 Å². The van der Waals surface area contributed by atoms with Crippen molar-refractivity contribution in [1.29, 1.82) is 0 Å². The Bertz CT molecular complexity index is 663. The van der Waals surface area contributed by atoms with Crippen molar-refractivity contribution in [2.45, 2.75) is 18.8 Å². The number of nitrogens with one attached hydrogen (secondary N) is 1. The molecule has 6 nitrogen and oxygen atoms in total. The molecular formula is C17H18N2O4. The SMILES string of the molecule is O=C(NCc1cncc(O)c1)[C@@H]1OCCO[C@@H]1c1ccccc1. The average molecular weight is 314 g/mol. The summed E-state index contributed by atoms with van der Waals surface area (Å²) in [7, 11) is 0. The molecule has 0 bridgehead atoms. The Labute approximate surface area is 134 Å². The normalized spacial score (nSPS) is 20.9. The first-order valence-corrected chi connectivity index (χ1v) is 7.43. The molecular weight excluding hydrogens is 296 g/mol. The van der Waals surface area contributed by atoms with Crippen molar-refractivity contribution in [3.05, 3.63) is 59.9 Å². The molecule has 6 heteroatoms. The van der Waals surface area contributed by atoms with Crippen molar-refractivity contribution in [2.75, 3.05) is 13.2 Å². The summed E-state index contributed by atoms with van der Waals surface area (Å²) < 4.78 is 11.3. The first-order valence-electron chi connectivity index (χ1n) is 7.43. The number of aromatic hydroxyl groups is 1. The lowest BCUT2D eigenvalue weighted by Gasteiger charge is -2.31. The van der Waals surface area contributed by atoms with E-state index in [0.29, 0.717) is 18.8 Å². The van der Waals surface area contributed by atoms with Crippen molar-refractivity contribution in [3.63, 3.8) is 0 Å². The number of carbonyl (C=O) groups is 1. The van der Waals surface area contributed by atoms with Gasteiger partial charge in [0.25, 0.3) is 5.91 Å². The maximum Gasteiger partial charge on any atom is 0.252 e. The van der Waals surface area contributed by atoms with Gasteiger partial charge in [-0.25, -0.2) is 0 Å². The van der Waals surface area contributed by atoms with Gasteiger partial charge in [0.05, 0.1) is 19.4 Å². The van der Waals surface area contributed by atoms with Crippen LogP contribution >= 0.6 is 0 Å². The van der Waals surface area contributed by atoms with Gasteiger partial charge >= 0.3 is 0 Å². The third-order valence-electron chi connectivity index (χ3n) is 3.59. The highest BCUT2D eigenvalue weighted by molar-refractivity contribution is 5.81. The van der Waals surface area contributed by atoms with Crippen LogP contribution in [0.2, 0.25) is 0 Å². The number of carbonyl (C=O) groups excluding carboxylic acids is 1. The van der Waals surface area contributed by atoms with Crippen LogP contribution in [0, 0.1) is 0 Å². The molecule has 1 aromatic carbocycles. The third-order valence-corrected chi connectivity index (χ3v) is 3.59. The molecule has 1 aromatic heterocycles. The topological polar surface area (TPSA) is 80.7 Å². The second-order valence-electron chi connectivity index (χ2n) is 5.26. The van der Waals surface area contributed by atoms with Gasteiger partial charge in [-0.05, 0) is 17.2 Å². The number of pyridine rings is 1. The molecule has 23 heavy (non-hydrogen) atoms. The molecule has 120 valence electrons. The zero-order valence-electron chi connectivity index (χ0n) is 12.5. The second kappa shape index (κ2) is 7.21. The third kappa shape index (κ3) is 3.85. The molecule has 3 rings (SSSR count). The van der Waals surface area contributed by atoms with Crippen LogP contribution < -0.4 is 5.32 Å². The van der Waals surface area contributed by atoms with Crippen LogP contribution in [0.5, 0.6) is 5.75 Å². The van der Waals surface area contributed by atoms with E-state index < -0.39 is 12.2 Å². The quantitative estimate of drug-likeness (QED) is 0.895. The number of hydrogen-bond acceptors (Lipinski definition) is 5. The lowest BCUT2D eigenvalue weighted by Crippen LogP contribution is -2.44. The molecule has 0 saturated carbocycles. The lowest BCUT2D eigenvalue weighted by atomic mass is 10.0. The van der Waals surface area contributed by atoms with Crippen LogP contribution in [-0.2, 0) is 20.8 Å². The number of aromatic nitrogens is 1. The van der Waals surface area contributed by atoms with Gasteiger partial charge in [0.1, 0.15) is 11.9 Å². The fourth-order valence-corrected chi connectivity index (χ4v) is 2.51. The summed E-state index contributed by atoms with van der Waals surface area (Å²) in [6, 6.07) is 11.1. The maximum absolute atomic E-state index is 12.4. The molecule has 2 heterocycles. The molecule has 2 N–H and O–H groups in total. The summed E-state index contributed by atoms with van der Waals surface area (Å²) in [5.74, 6) is -0.182. The van der Waals surface area contributed by atoms with Crippen LogP contribution in [0.15, 0.2) is 48.8 Å². The van der Waals surface area contributed by atoms with Gasteiger partial charge in [-0.15, -0.1) is 0 Å². The number of ether oxygens (including phenoxy) is 2.